The lowest BCUT2D eigenvalue weighted by molar-refractivity contribution is -0.144. The number of hydrogen-bond acceptors (Lipinski definition) is 2. The van der Waals surface area contributed by atoms with E-state index in [0.717, 1.165) is 11.8 Å². The minimum atomic E-state index is -3.02. The van der Waals surface area contributed by atoms with Gasteiger partial charge in [-0.05, 0) is 37.5 Å². The average molecular weight is 300 g/mol. The molecule has 1 saturated heterocycles. The van der Waals surface area contributed by atoms with E-state index in [1.807, 2.05) is 0 Å². The molecule has 0 radical (unpaired) electrons. The molecule has 3 nitrogen and oxygen atoms in total. The Morgan fingerprint density at radius 3 is 2.62 bits per heavy atom. The zero-order chi connectivity index (χ0) is 15.8. The van der Waals surface area contributed by atoms with Crippen LogP contribution in [0.3, 0.4) is 0 Å². The van der Waals surface area contributed by atoms with E-state index in [1.165, 1.54) is 25.1 Å². The summed E-state index contributed by atoms with van der Waals surface area (Å²) in [6, 6.07) is 3.08. The van der Waals surface area contributed by atoms with E-state index in [2.05, 4.69) is 0 Å². The number of rotatable bonds is 3. The summed E-state index contributed by atoms with van der Waals surface area (Å²) in [5.41, 5.74) is 6.11. The third-order valence-corrected chi connectivity index (χ3v) is 3.85. The van der Waals surface area contributed by atoms with Crippen LogP contribution in [-0.2, 0) is 4.79 Å². The van der Waals surface area contributed by atoms with Crippen LogP contribution in [0.5, 0.6) is 0 Å². The predicted molar refractivity (Wildman–Crippen MR) is 73.3 cm³/mol. The smallest absolute Gasteiger partial charge is 0.265 e. The van der Waals surface area contributed by atoms with Crippen molar-refractivity contribution in [2.75, 3.05) is 0 Å². The van der Waals surface area contributed by atoms with E-state index < -0.39 is 35.8 Å². The van der Waals surface area contributed by atoms with Crippen molar-refractivity contribution in [1.29, 1.82) is 0 Å². The van der Waals surface area contributed by atoms with Gasteiger partial charge in [-0.25, -0.2) is 13.2 Å². The predicted octanol–water partition coefficient (Wildman–Crippen LogP) is 2.86. The Morgan fingerprint density at radius 2 is 2.10 bits per heavy atom. The summed E-state index contributed by atoms with van der Waals surface area (Å²) in [5, 5.41) is 0. The second-order valence-electron chi connectivity index (χ2n) is 5.65. The Kier molecular flexibility index (Phi) is 4.27. The van der Waals surface area contributed by atoms with E-state index in [9.17, 15) is 18.0 Å². The number of alkyl halides is 2. The molecule has 6 heteroatoms. The van der Waals surface area contributed by atoms with Gasteiger partial charge in [0, 0.05) is 6.92 Å². The molecule has 21 heavy (non-hydrogen) atoms. The summed E-state index contributed by atoms with van der Waals surface area (Å²) < 4.78 is 40.9. The first-order chi connectivity index (χ1) is 9.71. The number of halogens is 3. The molecular weight excluding hydrogens is 281 g/mol. The van der Waals surface area contributed by atoms with Crippen molar-refractivity contribution in [3.8, 4) is 0 Å². The van der Waals surface area contributed by atoms with Crippen LogP contribution < -0.4 is 5.73 Å². The maximum atomic E-state index is 13.8. The highest BCUT2D eigenvalue weighted by atomic mass is 19.3. The number of nitrogens with two attached hydrogens (primary N) is 1. The van der Waals surface area contributed by atoms with Crippen molar-refractivity contribution in [2.45, 2.75) is 50.7 Å². The number of benzene rings is 1. The summed E-state index contributed by atoms with van der Waals surface area (Å²) >= 11 is 0. The third kappa shape index (κ3) is 3.20. The summed E-state index contributed by atoms with van der Waals surface area (Å²) in [6.07, 6.45) is 0.541. The lowest BCUT2D eigenvalue weighted by Gasteiger charge is -2.34. The molecule has 1 amide bonds. The number of hydrogen-bond donors (Lipinski definition) is 1. The molecule has 1 aromatic carbocycles. The molecule has 2 N–H and O–H groups in total. The second-order valence-corrected chi connectivity index (χ2v) is 5.65. The van der Waals surface area contributed by atoms with Gasteiger partial charge in [0.25, 0.3) is 5.92 Å². The summed E-state index contributed by atoms with van der Waals surface area (Å²) in [5.74, 6) is -4.01. The average Bonchev–Trinajstić information content (AvgIpc) is 2.82. The Hall–Kier alpha value is -1.56. The number of amides is 1. The van der Waals surface area contributed by atoms with Crippen LogP contribution in [0.2, 0.25) is 0 Å². The van der Waals surface area contributed by atoms with E-state index in [0.29, 0.717) is 12.0 Å². The van der Waals surface area contributed by atoms with Gasteiger partial charge in [-0.3, -0.25) is 4.79 Å². The van der Waals surface area contributed by atoms with E-state index >= 15 is 0 Å². The van der Waals surface area contributed by atoms with Gasteiger partial charge in [0.15, 0.2) is 0 Å². The molecule has 0 bridgehead atoms. The van der Waals surface area contributed by atoms with Gasteiger partial charge in [-0.2, -0.15) is 0 Å². The Balaban J connectivity index is 2.39. The summed E-state index contributed by atoms with van der Waals surface area (Å²) in [6.45, 7) is 2.27. The van der Waals surface area contributed by atoms with Gasteiger partial charge in [0.05, 0.1) is 18.1 Å². The molecule has 1 aliphatic rings. The molecule has 0 aliphatic carbocycles. The van der Waals surface area contributed by atoms with Gasteiger partial charge in [0.1, 0.15) is 5.82 Å². The number of carbonyl (C=O) groups excluding carboxylic acids is 1. The first-order valence-electron chi connectivity index (χ1n) is 6.93. The van der Waals surface area contributed by atoms with Gasteiger partial charge in [0.2, 0.25) is 5.91 Å². The highest BCUT2D eigenvalue weighted by Crippen LogP contribution is 2.42. The monoisotopic (exact) mass is 300 g/mol. The molecule has 0 aromatic heterocycles. The molecular formula is C15H19F3N2O. The Bertz CT molecular complexity index is 528. The van der Waals surface area contributed by atoms with Gasteiger partial charge >= 0.3 is 0 Å². The van der Waals surface area contributed by atoms with Gasteiger partial charge in [-0.1, -0.05) is 12.1 Å². The second kappa shape index (κ2) is 5.67. The van der Waals surface area contributed by atoms with Crippen LogP contribution in [0.15, 0.2) is 24.3 Å². The van der Waals surface area contributed by atoms with Gasteiger partial charge in [-0.15, -0.1) is 0 Å². The fourth-order valence-corrected chi connectivity index (χ4v) is 2.89. The van der Waals surface area contributed by atoms with Crippen molar-refractivity contribution in [2.24, 2.45) is 5.73 Å². The Morgan fingerprint density at radius 1 is 1.43 bits per heavy atom. The van der Waals surface area contributed by atoms with Crippen molar-refractivity contribution < 1.29 is 18.0 Å². The largest absolute Gasteiger partial charge is 0.325 e. The Labute approximate surface area is 121 Å². The molecule has 2 rings (SSSR count). The fraction of sp³-hybridized carbons (Fsp3) is 0.533. The minimum absolute atomic E-state index is 0.170. The van der Waals surface area contributed by atoms with Crippen molar-refractivity contribution in [3.63, 3.8) is 0 Å². The zero-order valence-corrected chi connectivity index (χ0v) is 12.0. The molecule has 1 fully saturated rings. The quantitative estimate of drug-likeness (QED) is 0.933. The molecule has 1 unspecified atom stereocenters. The van der Waals surface area contributed by atoms with E-state index in [4.69, 9.17) is 5.73 Å². The van der Waals surface area contributed by atoms with Gasteiger partial charge < -0.3 is 10.6 Å². The maximum absolute atomic E-state index is 13.8. The van der Waals surface area contributed by atoms with Crippen molar-refractivity contribution in [3.05, 3.63) is 35.6 Å². The van der Waals surface area contributed by atoms with E-state index in [-0.39, 0.29) is 6.42 Å². The maximum Gasteiger partial charge on any atom is 0.265 e. The first-order valence-corrected chi connectivity index (χ1v) is 6.93. The lowest BCUT2D eigenvalue weighted by atomic mass is 10.0. The van der Waals surface area contributed by atoms with Crippen molar-refractivity contribution >= 4 is 5.91 Å². The van der Waals surface area contributed by atoms with Crippen molar-refractivity contribution in [1.82, 2.24) is 4.90 Å². The van der Waals surface area contributed by atoms with Crippen LogP contribution in [0.1, 0.15) is 38.3 Å². The van der Waals surface area contributed by atoms with Crippen LogP contribution in [0.25, 0.3) is 0 Å². The van der Waals surface area contributed by atoms with Crippen LogP contribution in [0, 0.1) is 5.82 Å². The van der Waals surface area contributed by atoms with Crippen LogP contribution in [0.4, 0.5) is 13.2 Å². The number of likely N-dealkylation sites (tertiary alicyclic amines) is 1. The third-order valence-electron chi connectivity index (χ3n) is 3.85. The lowest BCUT2D eigenvalue weighted by Crippen LogP contribution is -2.51. The number of nitrogens with zero attached hydrogens (tertiary/aromatic N) is 1. The molecule has 1 heterocycles. The molecule has 3 atom stereocenters. The van der Waals surface area contributed by atoms with Crippen LogP contribution in [-0.4, -0.2) is 28.8 Å². The molecule has 0 spiro atoms. The molecule has 0 saturated carbocycles. The topological polar surface area (TPSA) is 46.3 Å². The summed E-state index contributed by atoms with van der Waals surface area (Å²) in [7, 11) is 0. The van der Waals surface area contributed by atoms with E-state index in [1.54, 1.807) is 6.07 Å². The fourth-order valence-electron chi connectivity index (χ4n) is 2.89. The standard InChI is InChI=1S/C15H19F3N2O/c1-9(19)14(21)20-12(6-7-13(20)15(2,17)18)10-4-3-5-11(16)8-10/h3-5,8-9,12-13H,6-7,19H2,1-2H3/t9-,12+,13?/m1/s1. The summed E-state index contributed by atoms with van der Waals surface area (Å²) in [4.78, 5) is 13.4. The minimum Gasteiger partial charge on any atom is -0.325 e. The zero-order valence-electron chi connectivity index (χ0n) is 12.0. The first kappa shape index (κ1) is 15.8. The molecule has 1 aromatic rings. The van der Waals surface area contributed by atoms with Crippen LogP contribution >= 0.6 is 0 Å². The number of carbonyl (C=O) groups is 1. The molecule has 1 aliphatic heterocycles. The molecule has 116 valence electrons. The normalized spacial score (nSPS) is 24.2. The SMILES string of the molecule is C[C@@H](N)C(=O)N1C(C(C)(F)F)CC[C@H]1c1cccc(F)c1. The highest BCUT2D eigenvalue weighted by Gasteiger charge is 2.48. The highest BCUT2D eigenvalue weighted by molar-refractivity contribution is 5.82.